The highest BCUT2D eigenvalue weighted by Gasteiger charge is 2.33. The van der Waals surface area contributed by atoms with E-state index < -0.39 is 16.9 Å². The van der Waals surface area contributed by atoms with Crippen molar-refractivity contribution < 1.29 is 19.4 Å². The summed E-state index contributed by atoms with van der Waals surface area (Å²) in [5.41, 5.74) is 1.44. The molecule has 154 valence electrons. The van der Waals surface area contributed by atoms with Crippen LogP contribution in [-0.2, 0) is 9.59 Å². The molecule has 0 heterocycles. The number of anilines is 1. The molecular weight excluding hydrogens is 372 g/mol. The van der Waals surface area contributed by atoms with Gasteiger partial charge in [0, 0.05) is 18.2 Å². The molecule has 1 unspecified atom stereocenters. The Kier molecular flexibility index (Phi) is 7.85. The minimum absolute atomic E-state index is 0.118. The molecule has 2 amide bonds. The minimum Gasteiger partial charge on any atom is -0.351 e. The van der Waals surface area contributed by atoms with E-state index in [1.54, 1.807) is 13.0 Å². The Morgan fingerprint density at radius 3 is 2.41 bits per heavy atom. The molecule has 8 heteroatoms. The van der Waals surface area contributed by atoms with Gasteiger partial charge in [0.1, 0.15) is 5.69 Å². The number of amides is 2. The molecule has 2 atom stereocenters. The number of quaternary nitrogens is 1. The summed E-state index contributed by atoms with van der Waals surface area (Å²) in [6, 6.07) is 13.1. The molecule has 0 aromatic heterocycles. The zero-order chi connectivity index (χ0) is 21.4. The molecule has 8 nitrogen and oxygen atoms in total. The molecule has 0 saturated carbocycles. The molecule has 0 spiro atoms. The molecule has 0 aliphatic heterocycles. The Labute approximate surface area is 170 Å². The summed E-state index contributed by atoms with van der Waals surface area (Å²) >= 11 is 0. The van der Waals surface area contributed by atoms with Crippen molar-refractivity contribution in [3.8, 4) is 0 Å². The smallest absolute Gasteiger partial charge is 0.293 e. The number of carbonyl (C=O) groups is 2. The predicted molar refractivity (Wildman–Crippen MR) is 111 cm³/mol. The predicted octanol–water partition coefficient (Wildman–Crippen LogP) is 1.62. The first-order valence-electron chi connectivity index (χ1n) is 9.59. The second-order valence-corrected chi connectivity index (χ2v) is 6.75. The lowest BCUT2D eigenvalue weighted by Crippen LogP contribution is -3.14. The summed E-state index contributed by atoms with van der Waals surface area (Å²) in [6.07, 6.45) is 0. The van der Waals surface area contributed by atoms with Crippen LogP contribution >= 0.6 is 0 Å². The van der Waals surface area contributed by atoms with E-state index in [0.29, 0.717) is 13.1 Å². The van der Waals surface area contributed by atoms with Crippen LogP contribution in [0.25, 0.3) is 0 Å². The van der Waals surface area contributed by atoms with Gasteiger partial charge in [-0.2, -0.15) is 0 Å². The molecule has 0 bridgehead atoms. The normalized spacial score (nSPS) is 12.7. The van der Waals surface area contributed by atoms with E-state index >= 15 is 0 Å². The number of aryl methyl sites for hydroxylation is 1. The van der Waals surface area contributed by atoms with E-state index in [9.17, 15) is 19.7 Å². The Bertz CT molecular complexity index is 870. The van der Waals surface area contributed by atoms with Gasteiger partial charge in [-0.05, 0) is 32.4 Å². The Morgan fingerprint density at radius 2 is 1.83 bits per heavy atom. The zero-order valence-corrected chi connectivity index (χ0v) is 16.9. The average molecular weight is 399 g/mol. The molecule has 0 aliphatic rings. The van der Waals surface area contributed by atoms with E-state index in [4.69, 9.17) is 0 Å². The third kappa shape index (κ3) is 5.86. The highest BCUT2D eigenvalue weighted by Crippen LogP contribution is 2.26. The number of benzene rings is 2. The zero-order valence-electron chi connectivity index (χ0n) is 16.9. The number of likely N-dealkylation sites (N-methyl/N-ethyl adjacent to an activating group) is 2. The summed E-state index contributed by atoms with van der Waals surface area (Å²) in [6.45, 7) is 6.63. The van der Waals surface area contributed by atoms with Crippen molar-refractivity contribution in [3.05, 3.63) is 69.8 Å². The lowest BCUT2D eigenvalue weighted by molar-refractivity contribution is -0.912. The number of nitro benzene ring substituents is 1. The van der Waals surface area contributed by atoms with Crippen molar-refractivity contribution in [3.63, 3.8) is 0 Å². The van der Waals surface area contributed by atoms with Crippen LogP contribution in [0, 0.1) is 17.0 Å². The monoisotopic (exact) mass is 399 g/mol. The fraction of sp³-hybridized carbons (Fsp3) is 0.333. The molecule has 0 radical (unpaired) electrons. The highest BCUT2D eigenvalue weighted by atomic mass is 16.6. The van der Waals surface area contributed by atoms with Gasteiger partial charge in [-0.3, -0.25) is 19.7 Å². The van der Waals surface area contributed by atoms with Gasteiger partial charge in [0.25, 0.3) is 17.5 Å². The molecule has 0 aliphatic carbocycles. The van der Waals surface area contributed by atoms with Gasteiger partial charge in [-0.1, -0.05) is 36.4 Å². The minimum atomic E-state index is -0.690. The van der Waals surface area contributed by atoms with Gasteiger partial charge in [-0.25, -0.2) is 0 Å². The summed E-state index contributed by atoms with van der Waals surface area (Å²) in [5, 5.41) is 16.9. The second-order valence-electron chi connectivity index (χ2n) is 6.75. The van der Waals surface area contributed by atoms with Gasteiger partial charge in [0.2, 0.25) is 0 Å². The van der Waals surface area contributed by atoms with Crippen LogP contribution in [0.3, 0.4) is 0 Å². The Balaban J connectivity index is 2.37. The summed E-state index contributed by atoms with van der Waals surface area (Å²) < 4.78 is 0. The van der Waals surface area contributed by atoms with Gasteiger partial charge in [0.15, 0.2) is 12.6 Å². The molecule has 0 fully saturated rings. The first kappa shape index (κ1) is 22.0. The number of hydrogen-bond acceptors (Lipinski definition) is 4. The van der Waals surface area contributed by atoms with E-state index in [0.717, 1.165) is 16.0 Å². The first-order valence-corrected chi connectivity index (χ1v) is 9.59. The molecule has 3 N–H and O–H groups in total. The fourth-order valence-corrected chi connectivity index (χ4v) is 3.22. The second kappa shape index (κ2) is 10.3. The summed E-state index contributed by atoms with van der Waals surface area (Å²) in [7, 11) is 0. The topological polar surface area (TPSA) is 106 Å². The Hall–Kier alpha value is -3.26. The largest absolute Gasteiger partial charge is 0.351 e. The van der Waals surface area contributed by atoms with Gasteiger partial charge < -0.3 is 15.5 Å². The molecule has 0 saturated heterocycles. The van der Waals surface area contributed by atoms with Crippen molar-refractivity contribution in [2.45, 2.75) is 26.8 Å². The van der Waals surface area contributed by atoms with Crippen molar-refractivity contribution >= 4 is 23.2 Å². The first-order chi connectivity index (χ1) is 13.9. The number of nitrogens with zero attached hydrogens (tertiary/aromatic N) is 1. The van der Waals surface area contributed by atoms with E-state index in [2.05, 4.69) is 10.6 Å². The van der Waals surface area contributed by atoms with Crippen LogP contribution in [0.5, 0.6) is 0 Å². The van der Waals surface area contributed by atoms with Gasteiger partial charge in [0.05, 0.1) is 11.5 Å². The van der Waals surface area contributed by atoms with E-state index in [-0.39, 0.29) is 23.8 Å². The van der Waals surface area contributed by atoms with Crippen molar-refractivity contribution in [1.29, 1.82) is 0 Å². The molecular formula is C21H27N4O4+. The van der Waals surface area contributed by atoms with E-state index in [1.165, 1.54) is 12.1 Å². The molecule has 2 rings (SSSR count). The number of rotatable bonds is 9. The third-order valence-corrected chi connectivity index (χ3v) is 4.63. The SMILES string of the molecule is CCNC(=O)C[NH+](CC)[C@H](C(=O)Nc1ccc(C)cc1[N+](=O)[O-])c1ccccc1. The summed E-state index contributed by atoms with van der Waals surface area (Å²) in [4.78, 5) is 37.0. The number of nitrogens with one attached hydrogen (secondary N) is 3. The van der Waals surface area contributed by atoms with Crippen LogP contribution in [0.15, 0.2) is 48.5 Å². The number of hydrogen-bond donors (Lipinski definition) is 3. The highest BCUT2D eigenvalue weighted by molar-refractivity contribution is 5.96. The van der Waals surface area contributed by atoms with Crippen LogP contribution < -0.4 is 15.5 Å². The van der Waals surface area contributed by atoms with Crippen LogP contribution in [0.1, 0.15) is 31.0 Å². The maximum Gasteiger partial charge on any atom is 0.293 e. The molecule has 2 aromatic carbocycles. The van der Waals surface area contributed by atoms with Crippen LogP contribution in [-0.4, -0.2) is 36.4 Å². The number of nitro groups is 1. The lowest BCUT2D eigenvalue weighted by atomic mass is 10.0. The fourth-order valence-electron chi connectivity index (χ4n) is 3.22. The average Bonchev–Trinajstić information content (AvgIpc) is 2.69. The molecule has 2 aromatic rings. The summed E-state index contributed by atoms with van der Waals surface area (Å²) in [5.74, 6) is -0.552. The maximum atomic E-state index is 13.2. The maximum absolute atomic E-state index is 13.2. The van der Waals surface area contributed by atoms with Crippen molar-refractivity contribution in [2.24, 2.45) is 0 Å². The van der Waals surface area contributed by atoms with Crippen LogP contribution in [0.4, 0.5) is 11.4 Å². The van der Waals surface area contributed by atoms with Crippen LogP contribution in [0.2, 0.25) is 0 Å². The third-order valence-electron chi connectivity index (χ3n) is 4.63. The number of carbonyl (C=O) groups excluding carboxylic acids is 2. The van der Waals surface area contributed by atoms with Gasteiger partial charge in [-0.15, -0.1) is 0 Å². The Morgan fingerprint density at radius 1 is 1.14 bits per heavy atom. The van der Waals surface area contributed by atoms with Crippen molar-refractivity contribution in [2.75, 3.05) is 25.0 Å². The quantitative estimate of drug-likeness (QED) is 0.440. The van der Waals surface area contributed by atoms with Gasteiger partial charge >= 0.3 is 0 Å². The van der Waals surface area contributed by atoms with Crippen molar-refractivity contribution in [1.82, 2.24) is 5.32 Å². The standard InChI is InChI=1S/C21H26N4O4/c1-4-22-19(26)14-24(5-2)20(16-9-7-6-8-10-16)21(27)23-17-12-11-15(3)13-18(17)25(28)29/h6-13,20H,4-5,14H2,1-3H3,(H,22,26)(H,23,27)/p+1/t20-/m0/s1. The lowest BCUT2D eigenvalue weighted by Gasteiger charge is -2.26. The van der Waals surface area contributed by atoms with E-state index in [1.807, 2.05) is 44.2 Å². The molecule has 29 heavy (non-hydrogen) atoms.